The summed E-state index contributed by atoms with van der Waals surface area (Å²) >= 11 is 1.58. The second-order valence-corrected chi connectivity index (χ2v) is 9.77. The van der Waals surface area contributed by atoms with E-state index in [1.807, 2.05) is 29.2 Å². The van der Waals surface area contributed by atoms with Crippen LogP contribution >= 0.6 is 11.8 Å². The van der Waals surface area contributed by atoms with Gasteiger partial charge in [0.25, 0.3) is 0 Å². The number of likely N-dealkylation sites (tertiary alicyclic amines) is 1. The van der Waals surface area contributed by atoms with Crippen LogP contribution in [-0.2, 0) is 14.4 Å². The molecule has 2 saturated heterocycles. The van der Waals surface area contributed by atoms with E-state index in [2.05, 4.69) is 6.92 Å². The lowest BCUT2D eigenvalue weighted by molar-refractivity contribution is -0.144. The SMILES string of the molecule is CCCCN1CC=C[C@]23S[C@H]4C=CCN(C)C(=O)[C@H]4[C@H]2C(=O)N(CCO)C3C1=O. The van der Waals surface area contributed by atoms with Gasteiger partial charge < -0.3 is 19.8 Å². The molecule has 0 aromatic carbocycles. The van der Waals surface area contributed by atoms with Gasteiger partial charge in [-0.3, -0.25) is 14.4 Å². The van der Waals surface area contributed by atoms with Gasteiger partial charge in [0.15, 0.2) is 0 Å². The van der Waals surface area contributed by atoms with E-state index in [0.29, 0.717) is 19.6 Å². The van der Waals surface area contributed by atoms with Gasteiger partial charge >= 0.3 is 0 Å². The van der Waals surface area contributed by atoms with Gasteiger partial charge in [-0.1, -0.05) is 37.6 Å². The van der Waals surface area contributed by atoms with Crippen LogP contribution in [0, 0.1) is 11.8 Å². The molecular weight excluding hydrogens is 390 g/mol. The Morgan fingerprint density at radius 3 is 2.66 bits per heavy atom. The maximum atomic E-state index is 13.6. The van der Waals surface area contributed by atoms with Crippen molar-refractivity contribution in [2.45, 2.75) is 35.8 Å². The predicted octanol–water partition coefficient (Wildman–Crippen LogP) is 0.503. The quantitative estimate of drug-likeness (QED) is 0.657. The van der Waals surface area contributed by atoms with Crippen LogP contribution in [0.4, 0.5) is 0 Å². The molecule has 7 nitrogen and oxygen atoms in total. The molecule has 4 aliphatic heterocycles. The fraction of sp³-hybridized carbons (Fsp3) is 0.667. The summed E-state index contributed by atoms with van der Waals surface area (Å²) in [7, 11) is 1.76. The number of unbranched alkanes of at least 4 members (excludes halogenated alkanes) is 1. The minimum Gasteiger partial charge on any atom is -0.395 e. The Balaban J connectivity index is 1.79. The van der Waals surface area contributed by atoms with Crippen LogP contribution in [0.15, 0.2) is 24.3 Å². The van der Waals surface area contributed by atoms with Crippen molar-refractivity contribution in [3.05, 3.63) is 24.3 Å². The molecule has 0 aromatic rings. The van der Waals surface area contributed by atoms with Crippen molar-refractivity contribution < 1.29 is 19.5 Å². The minimum atomic E-state index is -0.766. The molecule has 0 aromatic heterocycles. The summed E-state index contributed by atoms with van der Waals surface area (Å²) in [6, 6.07) is -0.675. The third kappa shape index (κ3) is 3.03. The number of rotatable bonds is 5. The lowest BCUT2D eigenvalue weighted by Gasteiger charge is -2.35. The van der Waals surface area contributed by atoms with Crippen LogP contribution in [0.25, 0.3) is 0 Å². The van der Waals surface area contributed by atoms with Crippen LogP contribution in [0.1, 0.15) is 19.8 Å². The highest BCUT2D eigenvalue weighted by Crippen LogP contribution is 2.60. The highest BCUT2D eigenvalue weighted by molar-refractivity contribution is 8.02. The molecule has 4 heterocycles. The van der Waals surface area contributed by atoms with E-state index in [-0.39, 0.29) is 36.1 Å². The monoisotopic (exact) mass is 419 g/mol. The molecule has 4 aliphatic rings. The molecule has 3 amide bonds. The summed E-state index contributed by atoms with van der Waals surface area (Å²) < 4.78 is -0.766. The molecule has 158 valence electrons. The minimum absolute atomic E-state index is 0.0414. The molecule has 4 rings (SSSR count). The number of nitrogens with zero attached hydrogens (tertiary/aromatic N) is 3. The molecule has 0 bridgehead atoms. The van der Waals surface area contributed by atoms with Crippen molar-refractivity contribution >= 4 is 29.5 Å². The van der Waals surface area contributed by atoms with Crippen molar-refractivity contribution in [2.24, 2.45) is 11.8 Å². The van der Waals surface area contributed by atoms with Crippen LogP contribution < -0.4 is 0 Å². The van der Waals surface area contributed by atoms with Gasteiger partial charge in [0.1, 0.15) is 6.04 Å². The number of aliphatic hydroxyl groups is 1. The number of fused-ring (bicyclic) bond motifs is 2. The van der Waals surface area contributed by atoms with Gasteiger partial charge in [-0.15, -0.1) is 11.8 Å². The number of β-amino-alcohol motifs (C(OH)–C–C–N with tert-alkyl or cyclic N) is 1. The van der Waals surface area contributed by atoms with E-state index in [4.69, 9.17) is 0 Å². The van der Waals surface area contributed by atoms with Gasteiger partial charge in [-0.05, 0) is 6.42 Å². The van der Waals surface area contributed by atoms with E-state index in [9.17, 15) is 19.5 Å². The topological polar surface area (TPSA) is 81.2 Å². The van der Waals surface area contributed by atoms with Gasteiger partial charge in [0.05, 0.1) is 23.2 Å². The number of amides is 3. The van der Waals surface area contributed by atoms with Crippen LogP contribution in [-0.4, -0.2) is 93.4 Å². The average molecular weight is 420 g/mol. The third-order valence-electron chi connectivity index (χ3n) is 6.57. The number of aliphatic hydroxyl groups excluding tert-OH is 1. The van der Waals surface area contributed by atoms with Crippen LogP contribution in [0.5, 0.6) is 0 Å². The second-order valence-electron chi connectivity index (χ2n) is 8.28. The maximum absolute atomic E-state index is 13.6. The highest BCUT2D eigenvalue weighted by Gasteiger charge is 2.70. The largest absolute Gasteiger partial charge is 0.395 e. The first-order valence-electron chi connectivity index (χ1n) is 10.4. The molecule has 0 aliphatic carbocycles. The Morgan fingerprint density at radius 2 is 1.93 bits per heavy atom. The first-order chi connectivity index (χ1) is 14.0. The number of hydrogen-bond donors (Lipinski definition) is 1. The number of thioether (sulfide) groups is 1. The fourth-order valence-electron chi connectivity index (χ4n) is 5.21. The summed E-state index contributed by atoms with van der Waals surface area (Å²) in [6.45, 7) is 3.69. The van der Waals surface area contributed by atoms with Crippen molar-refractivity contribution in [2.75, 3.05) is 39.8 Å². The molecule has 1 unspecified atom stereocenters. The summed E-state index contributed by atoms with van der Waals surface area (Å²) in [4.78, 5) is 45.3. The maximum Gasteiger partial charge on any atom is 0.247 e. The Labute approximate surface area is 175 Å². The average Bonchev–Trinajstić information content (AvgIpc) is 3.02. The van der Waals surface area contributed by atoms with E-state index in [0.717, 1.165) is 12.8 Å². The lowest BCUT2D eigenvalue weighted by Crippen LogP contribution is -2.53. The molecule has 2 fully saturated rings. The highest BCUT2D eigenvalue weighted by atomic mass is 32.2. The summed E-state index contributed by atoms with van der Waals surface area (Å²) in [6.07, 6.45) is 9.90. The zero-order valence-corrected chi connectivity index (χ0v) is 17.8. The van der Waals surface area contributed by atoms with E-state index < -0.39 is 22.6 Å². The van der Waals surface area contributed by atoms with Gasteiger partial charge in [-0.2, -0.15) is 0 Å². The predicted molar refractivity (Wildman–Crippen MR) is 111 cm³/mol. The fourth-order valence-corrected chi connectivity index (χ4v) is 7.21. The third-order valence-corrected chi connectivity index (χ3v) is 8.31. The Hall–Kier alpha value is -1.80. The number of carbonyl (C=O) groups is 3. The normalized spacial score (nSPS) is 36.2. The van der Waals surface area contributed by atoms with Gasteiger partial charge in [0.2, 0.25) is 17.7 Å². The van der Waals surface area contributed by atoms with Crippen molar-refractivity contribution in [1.82, 2.24) is 14.7 Å². The van der Waals surface area contributed by atoms with E-state index in [1.54, 1.807) is 23.7 Å². The van der Waals surface area contributed by atoms with Gasteiger partial charge in [-0.25, -0.2) is 0 Å². The molecule has 29 heavy (non-hydrogen) atoms. The number of hydrogen-bond acceptors (Lipinski definition) is 5. The summed E-state index contributed by atoms with van der Waals surface area (Å²) in [5.74, 6) is -1.36. The first kappa shape index (κ1) is 20.5. The summed E-state index contributed by atoms with van der Waals surface area (Å²) in [5, 5.41) is 9.48. The van der Waals surface area contributed by atoms with Crippen LogP contribution in [0.3, 0.4) is 0 Å². The molecule has 0 saturated carbocycles. The van der Waals surface area contributed by atoms with Crippen LogP contribution in [0.2, 0.25) is 0 Å². The standard InChI is InChI=1S/C21H29N3O4S/c1-3-4-10-23-11-6-8-21-16(19(27)24(12-13-25)17(21)20(23)28)15-14(29-21)7-5-9-22(2)18(15)26/h5-8,14-17,25H,3-4,9-13H2,1-2H3/t14-,15+,16-,17?,21-/m0/s1. The molecule has 1 N–H and O–H groups in total. The van der Waals surface area contributed by atoms with Gasteiger partial charge in [0, 0.05) is 38.5 Å². The summed E-state index contributed by atoms with van der Waals surface area (Å²) in [5.41, 5.74) is 0. The van der Waals surface area contributed by atoms with E-state index >= 15 is 0 Å². The smallest absolute Gasteiger partial charge is 0.247 e. The van der Waals surface area contributed by atoms with Crippen molar-refractivity contribution in [3.63, 3.8) is 0 Å². The Kier molecular flexibility index (Phi) is 5.50. The molecule has 1 spiro atoms. The molecule has 8 heteroatoms. The number of carbonyl (C=O) groups excluding carboxylic acids is 3. The molecular formula is C21H29N3O4S. The lowest BCUT2D eigenvalue weighted by atomic mass is 9.78. The van der Waals surface area contributed by atoms with E-state index in [1.165, 1.54) is 4.90 Å². The number of likely N-dealkylation sites (N-methyl/N-ethyl adjacent to an activating group) is 1. The Morgan fingerprint density at radius 1 is 1.14 bits per heavy atom. The zero-order valence-electron chi connectivity index (χ0n) is 17.0. The van der Waals surface area contributed by atoms with Crippen molar-refractivity contribution in [3.8, 4) is 0 Å². The molecule has 0 radical (unpaired) electrons. The first-order valence-corrected chi connectivity index (χ1v) is 11.3. The second kappa shape index (κ2) is 7.80. The van der Waals surface area contributed by atoms with Crippen molar-refractivity contribution in [1.29, 1.82) is 0 Å². The zero-order chi connectivity index (χ0) is 20.8. The Bertz CT molecular complexity index is 769. The molecule has 5 atom stereocenters.